The van der Waals surface area contributed by atoms with E-state index in [1.165, 1.54) is 11.3 Å². The van der Waals surface area contributed by atoms with E-state index in [2.05, 4.69) is 15.4 Å². The van der Waals surface area contributed by atoms with Gasteiger partial charge in [-0.15, -0.1) is 11.3 Å². The monoisotopic (exact) mass is 367 g/mol. The summed E-state index contributed by atoms with van der Waals surface area (Å²) in [6, 6.07) is 12.8. The Bertz CT molecular complexity index is 981. The number of ketones is 1. The zero-order valence-corrected chi connectivity index (χ0v) is 14.2. The van der Waals surface area contributed by atoms with Gasteiger partial charge in [-0.1, -0.05) is 41.2 Å². The van der Waals surface area contributed by atoms with Crippen molar-refractivity contribution in [2.75, 3.05) is 0 Å². The number of tetrazole rings is 1. The van der Waals surface area contributed by atoms with Crippen LogP contribution in [0.15, 0.2) is 53.9 Å². The van der Waals surface area contributed by atoms with Gasteiger partial charge in [-0.2, -0.15) is 0 Å². The van der Waals surface area contributed by atoms with Crippen LogP contribution in [0.5, 0.6) is 0 Å². The fourth-order valence-corrected chi connectivity index (χ4v) is 4.02. The summed E-state index contributed by atoms with van der Waals surface area (Å²) in [5.41, 5.74) is 1.92. The largest absolute Gasteiger partial charge is 0.514 e. The highest BCUT2D eigenvalue weighted by atomic mass is 32.1. The van der Waals surface area contributed by atoms with Crippen molar-refractivity contribution in [2.45, 2.75) is 18.4 Å². The molecule has 130 valence electrons. The minimum atomic E-state index is -0.748. The van der Waals surface area contributed by atoms with E-state index in [0.29, 0.717) is 6.42 Å². The van der Waals surface area contributed by atoms with E-state index in [9.17, 15) is 14.9 Å². The number of rotatable bonds is 4. The highest BCUT2D eigenvalue weighted by Gasteiger charge is 2.39. The first kappa shape index (κ1) is 16.3. The lowest BCUT2D eigenvalue weighted by molar-refractivity contribution is -0.394. The number of nitrogens with zero attached hydrogens (tertiary/aromatic N) is 5. The van der Waals surface area contributed by atoms with Crippen molar-refractivity contribution in [3.8, 4) is 0 Å². The van der Waals surface area contributed by atoms with E-state index in [4.69, 9.17) is 0 Å². The average molecular weight is 367 g/mol. The van der Waals surface area contributed by atoms with Gasteiger partial charge in [0.25, 0.3) is 0 Å². The molecule has 1 aliphatic carbocycles. The van der Waals surface area contributed by atoms with Gasteiger partial charge in [-0.05, 0) is 40.0 Å². The molecule has 0 radical (unpaired) electrons. The van der Waals surface area contributed by atoms with Gasteiger partial charge in [0.05, 0.1) is 10.2 Å². The van der Waals surface area contributed by atoms with Crippen LogP contribution >= 0.6 is 11.3 Å². The third kappa shape index (κ3) is 2.93. The molecule has 0 amide bonds. The van der Waals surface area contributed by atoms with Crippen molar-refractivity contribution in [2.24, 2.45) is 0 Å². The van der Waals surface area contributed by atoms with E-state index < -0.39 is 16.9 Å². The number of benzene rings is 1. The maximum absolute atomic E-state index is 12.9. The number of carbonyl (C=O) groups excluding carboxylic acids is 1. The van der Waals surface area contributed by atoms with Crippen molar-refractivity contribution in [1.29, 1.82) is 0 Å². The standard InChI is InChI=1S/C17H13N5O3S/c23-14-10-12(11-5-2-1-3-6-11)9-13(15-7-4-8-26-15)16(14)21-19-17(18-20-21)22(24)25/h1-8,10,13,16H,9H2/t13-,16+/m1/s1. The Balaban J connectivity index is 1.77. The quantitative estimate of drug-likeness (QED) is 0.518. The summed E-state index contributed by atoms with van der Waals surface area (Å²) < 4.78 is 0. The fourth-order valence-electron chi connectivity index (χ4n) is 3.16. The van der Waals surface area contributed by atoms with Gasteiger partial charge in [0.2, 0.25) is 0 Å². The maximum atomic E-state index is 12.9. The Morgan fingerprint density at radius 1 is 1.19 bits per heavy atom. The van der Waals surface area contributed by atoms with E-state index in [1.807, 2.05) is 47.8 Å². The smallest absolute Gasteiger partial charge is 0.390 e. The maximum Gasteiger partial charge on any atom is 0.514 e. The molecule has 8 nitrogen and oxygen atoms in total. The third-order valence-corrected chi connectivity index (χ3v) is 5.32. The van der Waals surface area contributed by atoms with Gasteiger partial charge in [-0.25, -0.2) is 0 Å². The molecule has 4 rings (SSSR count). The summed E-state index contributed by atoms with van der Waals surface area (Å²) in [6.07, 6.45) is 2.19. The minimum Gasteiger partial charge on any atom is -0.390 e. The molecule has 0 saturated carbocycles. The molecule has 0 unspecified atom stereocenters. The molecule has 0 fully saturated rings. The highest BCUT2D eigenvalue weighted by Crippen LogP contribution is 2.43. The fraction of sp³-hybridized carbons (Fsp3) is 0.176. The molecule has 0 bridgehead atoms. The second-order valence-corrected chi connectivity index (χ2v) is 6.86. The second-order valence-electron chi connectivity index (χ2n) is 5.88. The van der Waals surface area contributed by atoms with Crippen LogP contribution in [0, 0.1) is 10.1 Å². The van der Waals surface area contributed by atoms with E-state index >= 15 is 0 Å². The number of aromatic nitrogens is 4. The van der Waals surface area contributed by atoms with E-state index in [0.717, 1.165) is 20.8 Å². The number of allylic oxidation sites excluding steroid dienone is 2. The first-order valence-electron chi connectivity index (χ1n) is 7.90. The number of nitro groups is 1. The first-order chi connectivity index (χ1) is 12.6. The molecule has 26 heavy (non-hydrogen) atoms. The molecule has 2 heterocycles. The molecular formula is C17H13N5O3S. The van der Waals surface area contributed by atoms with Crippen molar-refractivity contribution < 1.29 is 9.72 Å². The first-order valence-corrected chi connectivity index (χ1v) is 8.78. The zero-order valence-electron chi connectivity index (χ0n) is 13.4. The number of carbonyl (C=O) groups is 1. The molecule has 1 aromatic carbocycles. The zero-order chi connectivity index (χ0) is 18.1. The van der Waals surface area contributed by atoms with Gasteiger partial charge >= 0.3 is 5.95 Å². The van der Waals surface area contributed by atoms with Crippen LogP contribution in [0.2, 0.25) is 0 Å². The molecule has 1 aliphatic rings. The van der Waals surface area contributed by atoms with Gasteiger partial charge in [-0.3, -0.25) is 4.79 Å². The molecule has 9 heteroatoms. The Labute approximate surface area is 151 Å². The van der Waals surface area contributed by atoms with E-state index in [-0.39, 0.29) is 11.7 Å². The van der Waals surface area contributed by atoms with Crippen LogP contribution in [0.3, 0.4) is 0 Å². The summed E-state index contributed by atoms with van der Waals surface area (Å²) in [5, 5.41) is 23.8. The van der Waals surface area contributed by atoms with Gasteiger partial charge in [0, 0.05) is 16.0 Å². The second kappa shape index (κ2) is 6.60. The SMILES string of the molecule is O=C1C=C(c2ccccc2)C[C@H](c2cccs2)[C@@H]1n1nnc([N+](=O)[O-])n1. The van der Waals surface area contributed by atoms with Crippen molar-refractivity contribution in [3.05, 3.63) is 74.5 Å². The lowest BCUT2D eigenvalue weighted by atomic mass is 9.80. The predicted molar refractivity (Wildman–Crippen MR) is 94.6 cm³/mol. The van der Waals surface area contributed by atoms with Crippen LogP contribution in [-0.2, 0) is 4.79 Å². The van der Waals surface area contributed by atoms with E-state index in [1.54, 1.807) is 6.08 Å². The predicted octanol–water partition coefficient (Wildman–Crippen LogP) is 3.02. The lowest BCUT2D eigenvalue weighted by Crippen LogP contribution is -2.30. The third-order valence-electron chi connectivity index (χ3n) is 4.31. The minimum absolute atomic E-state index is 0.194. The van der Waals surface area contributed by atoms with Crippen LogP contribution in [0.1, 0.15) is 28.8 Å². The summed E-state index contributed by atoms with van der Waals surface area (Å²) in [5.74, 6) is -1.02. The number of hydrogen-bond acceptors (Lipinski definition) is 7. The molecule has 2 atom stereocenters. The van der Waals surface area contributed by atoms with Crippen LogP contribution in [0.4, 0.5) is 5.95 Å². The Hall–Kier alpha value is -3.20. The highest BCUT2D eigenvalue weighted by molar-refractivity contribution is 7.10. The molecule has 2 aromatic heterocycles. The summed E-state index contributed by atoms with van der Waals surface area (Å²) in [4.78, 5) is 25.1. The van der Waals surface area contributed by atoms with Crippen LogP contribution < -0.4 is 0 Å². The summed E-state index contributed by atoms with van der Waals surface area (Å²) in [6.45, 7) is 0. The van der Waals surface area contributed by atoms with Crippen molar-refractivity contribution in [1.82, 2.24) is 20.2 Å². The van der Waals surface area contributed by atoms with Crippen LogP contribution in [0.25, 0.3) is 5.57 Å². The lowest BCUT2D eigenvalue weighted by Gasteiger charge is -2.27. The van der Waals surface area contributed by atoms with Crippen LogP contribution in [-0.4, -0.2) is 30.9 Å². The summed E-state index contributed by atoms with van der Waals surface area (Å²) >= 11 is 1.54. The van der Waals surface area contributed by atoms with Gasteiger partial charge < -0.3 is 10.1 Å². The van der Waals surface area contributed by atoms with Crippen molar-refractivity contribution in [3.63, 3.8) is 0 Å². The van der Waals surface area contributed by atoms with Gasteiger partial charge in [0.1, 0.15) is 0 Å². The van der Waals surface area contributed by atoms with Crippen molar-refractivity contribution >= 4 is 28.6 Å². The average Bonchev–Trinajstić information content (AvgIpc) is 3.34. The molecule has 0 aliphatic heterocycles. The number of hydrogen-bond donors (Lipinski definition) is 0. The topological polar surface area (TPSA) is 104 Å². The Kier molecular flexibility index (Phi) is 4.13. The molecule has 0 N–H and O–H groups in total. The Morgan fingerprint density at radius 2 is 2.00 bits per heavy atom. The normalized spacial score (nSPS) is 20.0. The number of thiophene rings is 1. The molecular weight excluding hydrogens is 354 g/mol. The molecule has 0 saturated heterocycles. The van der Waals surface area contributed by atoms with Gasteiger partial charge in [0.15, 0.2) is 11.8 Å². The summed E-state index contributed by atoms with van der Waals surface area (Å²) in [7, 11) is 0. The Morgan fingerprint density at radius 3 is 2.65 bits per heavy atom. The molecule has 3 aromatic rings. The molecule has 0 spiro atoms.